The quantitative estimate of drug-likeness (QED) is 0.868. The molecule has 1 saturated heterocycles. The van der Waals surface area contributed by atoms with E-state index >= 15 is 0 Å². The van der Waals surface area contributed by atoms with Crippen molar-refractivity contribution in [3.63, 3.8) is 0 Å². The number of para-hydroxylation sites is 1. The van der Waals surface area contributed by atoms with Crippen molar-refractivity contribution in [2.24, 2.45) is 5.73 Å². The van der Waals surface area contributed by atoms with E-state index in [1.54, 1.807) is 6.07 Å². The van der Waals surface area contributed by atoms with E-state index in [9.17, 15) is 4.39 Å². The number of ether oxygens (including phenoxy) is 1. The Hall–Kier alpha value is -1.13. The van der Waals surface area contributed by atoms with E-state index in [0.29, 0.717) is 25.3 Å². The van der Waals surface area contributed by atoms with Gasteiger partial charge in [0.05, 0.1) is 18.4 Å². The van der Waals surface area contributed by atoms with Gasteiger partial charge in [-0.15, -0.1) is 0 Å². The number of benzene rings is 1. The van der Waals surface area contributed by atoms with Gasteiger partial charge < -0.3 is 15.4 Å². The van der Waals surface area contributed by atoms with Gasteiger partial charge in [-0.25, -0.2) is 4.39 Å². The molecule has 1 atom stereocenters. The Morgan fingerprint density at radius 2 is 2.35 bits per heavy atom. The van der Waals surface area contributed by atoms with Crippen molar-refractivity contribution in [3.8, 4) is 0 Å². The summed E-state index contributed by atoms with van der Waals surface area (Å²) in [6.07, 6.45) is 0.854. The van der Waals surface area contributed by atoms with E-state index in [1.165, 1.54) is 6.07 Å². The van der Waals surface area contributed by atoms with E-state index in [1.807, 2.05) is 13.0 Å². The van der Waals surface area contributed by atoms with Gasteiger partial charge in [0.1, 0.15) is 5.82 Å². The normalized spacial score (nSPS) is 20.6. The molecule has 3 nitrogen and oxygen atoms in total. The third-order valence-corrected chi connectivity index (χ3v) is 3.04. The Bertz CT molecular complexity index is 384. The highest BCUT2D eigenvalue weighted by Crippen LogP contribution is 2.26. The standard InChI is InChI=1S/C13H19FN2O/c1-10-9-16(7-8-17-10)13-11(5-6-15)3-2-4-12(13)14/h2-4,10H,5-9,15H2,1H3. The second-order valence-electron chi connectivity index (χ2n) is 4.41. The largest absolute Gasteiger partial charge is 0.375 e. The Morgan fingerprint density at radius 3 is 3.06 bits per heavy atom. The zero-order valence-electron chi connectivity index (χ0n) is 10.2. The molecule has 1 aliphatic heterocycles. The Labute approximate surface area is 101 Å². The molecule has 0 spiro atoms. The molecule has 1 aromatic rings. The minimum Gasteiger partial charge on any atom is -0.375 e. The fourth-order valence-electron chi connectivity index (χ4n) is 2.29. The van der Waals surface area contributed by atoms with Gasteiger partial charge in [-0.3, -0.25) is 0 Å². The first-order valence-electron chi connectivity index (χ1n) is 6.06. The highest BCUT2D eigenvalue weighted by atomic mass is 19.1. The van der Waals surface area contributed by atoms with E-state index in [-0.39, 0.29) is 11.9 Å². The predicted molar refractivity (Wildman–Crippen MR) is 66.8 cm³/mol. The molecule has 0 bridgehead atoms. The Balaban J connectivity index is 2.28. The summed E-state index contributed by atoms with van der Waals surface area (Å²) in [6, 6.07) is 5.20. The number of rotatable bonds is 3. The van der Waals surface area contributed by atoms with Crippen LogP contribution in [-0.4, -0.2) is 32.3 Å². The molecule has 0 radical (unpaired) electrons. The van der Waals surface area contributed by atoms with Crippen molar-refractivity contribution in [1.29, 1.82) is 0 Å². The second-order valence-corrected chi connectivity index (χ2v) is 4.41. The van der Waals surface area contributed by atoms with Gasteiger partial charge in [0.25, 0.3) is 0 Å². The van der Waals surface area contributed by atoms with Crippen molar-refractivity contribution in [2.75, 3.05) is 31.1 Å². The summed E-state index contributed by atoms with van der Waals surface area (Å²) in [5.41, 5.74) is 7.26. The van der Waals surface area contributed by atoms with E-state index in [4.69, 9.17) is 10.5 Å². The highest BCUT2D eigenvalue weighted by molar-refractivity contribution is 5.55. The molecular weight excluding hydrogens is 219 g/mol. The molecule has 0 aliphatic carbocycles. The molecule has 17 heavy (non-hydrogen) atoms. The summed E-state index contributed by atoms with van der Waals surface area (Å²) >= 11 is 0. The minimum atomic E-state index is -0.162. The molecule has 4 heteroatoms. The van der Waals surface area contributed by atoms with Gasteiger partial charge in [-0.1, -0.05) is 12.1 Å². The number of morpholine rings is 1. The zero-order valence-corrected chi connectivity index (χ0v) is 10.2. The number of anilines is 1. The topological polar surface area (TPSA) is 38.5 Å². The zero-order chi connectivity index (χ0) is 12.3. The van der Waals surface area contributed by atoms with Crippen molar-refractivity contribution in [1.82, 2.24) is 0 Å². The average Bonchev–Trinajstić information content (AvgIpc) is 2.29. The fourth-order valence-corrected chi connectivity index (χ4v) is 2.29. The molecule has 1 unspecified atom stereocenters. The first kappa shape index (κ1) is 12.3. The highest BCUT2D eigenvalue weighted by Gasteiger charge is 2.21. The summed E-state index contributed by atoms with van der Waals surface area (Å²) in [4.78, 5) is 2.06. The number of hydrogen-bond donors (Lipinski definition) is 1. The molecule has 2 N–H and O–H groups in total. The first-order chi connectivity index (χ1) is 8.22. The van der Waals surface area contributed by atoms with Crippen LogP contribution in [0.4, 0.5) is 10.1 Å². The van der Waals surface area contributed by atoms with E-state index in [0.717, 1.165) is 18.7 Å². The van der Waals surface area contributed by atoms with Crippen LogP contribution in [0.3, 0.4) is 0 Å². The Kier molecular flexibility index (Phi) is 3.97. The van der Waals surface area contributed by atoms with Gasteiger partial charge in [-0.2, -0.15) is 0 Å². The number of hydrogen-bond acceptors (Lipinski definition) is 3. The van der Waals surface area contributed by atoms with Gasteiger partial charge in [-0.05, 0) is 31.5 Å². The lowest BCUT2D eigenvalue weighted by Crippen LogP contribution is -2.42. The van der Waals surface area contributed by atoms with E-state index in [2.05, 4.69) is 4.90 Å². The molecule has 0 amide bonds. The van der Waals surface area contributed by atoms with Crippen molar-refractivity contribution in [2.45, 2.75) is 19.4 Å². The molecule has 1 heterocycles. The second kappa shape index (κ2) is 5.47. The lowest BCUT2D eigenvalue weighted by molar-refractivity contribution is 0.0529. The van der Waals surface area contributed by atoms with Crippen molar-refractivity contribution < 1.29 is 9.13 Å². The van der Waals surface area contributed by atoms with Gasteiger partial charge in [0.2, 0.25) is 0 Å². The van der Waals surface area contributed by atoms with Crippen LogP contribution < -0.4 is 10.6 Å². The maximum absolute atomic E-state index is 14.0. The van der Waals surface area contributed by atoms with Gasteiger partial charge in [0.15, 0.2) is 0 Å². The van der Waals surface area contributed by atoms with Crippen LogP contribution >= 0.6 is 0 Å². The van der Waals surface area contributed by atoms with Crippen molar-refractivity contribution >= 4 is 5.69 Å². The van der Waals surface area contributed by atoms with Gasteiger partial charge >= 0.3 is 0 Å². The summed E-state index contributed by atoms with van der Waals surface area (Å²) < 4.78 is 19.4. The molecule has 0 aromatic heterocycles. The van der Waals surface area contributed by atoms with Crippen LogP contribution in [0, 0.1) is 5.82 Å². The first-order valence-corrected chi connectivity index (χ1v) is 6.06. The van der Waals surface area contributed by atoms with Crippen LogP contribution in [0.15, 0.2) is 18.2 Å². The molecule has 0 saturated carbocycles. The van der Waals surface area contributed by atoms with E-state index < -0.39 is 0 Å². The third-order valence-electron chi connectivity index (χ3n) is 3.04. The maximum Gasteiger partial charge on any atom is 0.146 e. The van der Waals surface area contributed by atoms with Crippen molar-refractivity contribution in [3.05, 3.63) is 29.6 Å². The number of halogens is 1. The predicted octanol–water partition coefficient (Wildman–Crippen LogP) is 1.55. The lowest BCUT2D eigenvalue weighted by atomic mass is 10.1. The third kappa shape index (κ3) is 2.76. The molecule has 2 rings (SSSR count). The van der Waals surface area contributed by atoms with Crippen LogP contribution in [0.25, 0.3) is 0 Å². The number of nitrogens with two attached hydrogens (primary N) is 1. The fraction of sp³-hybridized carbons (Fsp3) is 0.538. The van der Waals surface area contributed by atoms with Gasteiger partial charge in [0, 0.05) is 13.1 Å². The SMILES string of the molecule is CC1CN(c2c(F)cccc2CCN)CCO1. The summed E-state index contributed by atoms with van der Waals surface area (Å²) in [7, 11) is 0. The summed E-state index contributed by atoms with van der Waals surface area (Å²) in [5.74, 6) is -0.162. The number of nitrogens with zero attached hydrogens (tertiary/aromatic N) is 1. The van der Waals surface area contributed by atoms with Crippen LogP contribution in [0.1, 0.15) is 12.5 Å². The molecule has 94 valence electrons. The van der Waals surface area contributed by atoms with Crippen LogP contribution in [-0.2, 0) is 11.2 Å². The summed E-state index contributed by atoms with van der Waals surface area (Å²) in [5, 5.41) is 0. The molecular formula is C13H19FN2O. The average molecular weight is 238 g/mol. The lowest BCUT2D eigenvalue weighted by Gasteiger charge is -2.34. The molecule has 1 fully saturated rings. The molecule has 1 aromatic carbocycles. The molecule has 1 aliphatic rings. The maximum atomic E-state index is 14.0. The smallest absolute Gasteiger partial charge is 0.146 e. The monoisotopic (exact) mass is 238 g/mol. The van der Waals surface area contributed by atoms with Crippen LogP contribution in [0.2, 0.25) is 0 Å². The Morgan fingerprint density at radius 1 is 1.53 bits per heavy atom. The van der Waals surface area contributed by atoms with Crippen LogP contribution in [0.5, 0.6) is 0 Å². The summed E-state index contributed by atoms with van der Waals surface area (Å²) in [6.45, 7) is 4.67. The minimum absolute atomic E-state index is 0.147.